The molecule has 0 radical (unpaired) electrons. The van der Waals surface area contributed by atoms with E-state index in [1.54, 1.807) is 0 Å². The minimum Gasteiger partial charge on any atom is -0.308 e. The first-order valence-corrected chi connectivity index (χ1v) is 6.68. The number of para-hydroxylation sites is 1. The van der Waals surface area contributed by atoms with Gasteiger partial charge in [-0.15, -0.1) is 0 Å². The highest BCUT2D eigenvalue weighted by atomic mass is 15.2. The second-order valence-electron chi connectivity index (χ2n) is 4.63. The van der Waals surface area contributed by atoms with Crippen LogP contribution in [0.25, 0.3) is 10.9 Å². The van der Waals surface area contributed by atoms with Gasteiger partial charge < -0.3 is 5.43 Å². The van der Waals surface area contributed by atoms with Crippen LogP contribution in [0.15, 0.2) is 24.3 Å². The van der Waals surface area contributed by atoms with E-state index in [0.29, 0.717) is 0 Å². The van der Waals surface area contributed by atoms with Crippen LogP contribution in [0.3, 0.4) is 0 Å². The summed E-state index contributed by atoms with van der Waals surface area (Å²) in [6.45, 7) is 4.35. The van der Waals surface area contributed by atoms with E-state index in [4.69, 9.17) is 10.8 Å². The Kier molecular flexibility index (Phi) is 4.15. The third-order valence-electron chi connectivity index (χ3n) is 3.18. The van der Waals surface area contributed by atoms with E-state index in [9.17, 15) is 0 Å². The van der Waals surface area contributed by atoms with E-state index in [1.165, 1.54) is 16.5 Å². The van der Waals surface area contributed by atoms with Crippen LogP contribution in [0.5, 0.6) is 0 Å². The van der Waals surface area contributed by atoms with Crippen LogP contribution in [0.2, 0.25) is 0 Å². The van der Waals surface area contributed by atoms with Crippen molar-refractivity contribution in [2.45, 2.75) is 39.5 Å². The van der Waals surface area contributed by atoms with Crippen LogP contribution in [-0.2, 0) is 12.8 Å². The van der Waals surface area contributed by atoms with E-state index >= 15 is 0 Å². The second kappa shape index (κ2) is 5.83. The fraction of sp³-hybridized carbons (Fsp3) is 0.400. The van der Waals surface area contributed by atoms with Crippen molar-refractivity contribution in [2.75, 3.05) is 5.43 Å². The number of pyridine rings is 1. The maximum absolute atomic E-state index is 5.58. The summed E-state index contributed by atoms with van der Waals surface area (Å²) >= 11 is 0. The van der Waals surface area contributed by atoms with E-state index in [-0.39, 0.29) is 0 Å². The normalized spacial score (nSPS) is 10.8. The number of fused-ring (bicyclic) bond motifs is 1. The van der Waals surface area contributed by atoms with Crippen molar-refractivity contribution in [1.29, 1.82) is 0 Å². The number of nitrogens with one attached hydrogen (secondary N) is 1. The van der Waals surface area contributed by atoms with Crippen molar-refractivity contribution in [2.24, 2.45) is 5.84 Å². The molecule has 0 atom stereocenters. The molecule has 1 aromatic heterocycles. The van der Waals surface area contributed by atoms with Gasteiger partial charge in [0.25, 0.3) is 0 Å². The minimum absolute atomic E-state index is 0.813. The molecule has 2 aromatic rings. The Balaban J connectivity index is 2.58. The number of hydrazine groups is 1. The summed E-state index contributed by atoms with van der Waals surface area (Å²) in [7, 11) is 0. The molecule has 0 bridgehead atoms. The SMILES string of the molecule is CCCc1cc2cccc(CCC)c2nc1NN. The highest BCUT2D eigenvalue weighted by molar-refractivity contribution is 5.84. The summed E-state index contributed by atoms with van der Waals surface area (Å²) < 4.78 is 0. The van der Waals surface area contributed by atoms with Gasteiger partial charge in [0.15, 0.2) is 0 Å². The van der Waals surface area contributed by atoms with Gasteiger partial charge in [0.05, 0.1) is 5.52 Å². The Morgan fingerprint density at radius 1 is 1.11 bits per heavy atom. The fourth-order valence-corrected chi connectivity index (χ4v) is 2.36. The van der Waals surface area contributed by atoms with Gasteiger partial charge in [-0.1, -0.05) is 44.9 Å². The summed E-state index contributed by atoms with van der Waals surface area (Å²) in [5, 5.41) is 1.21. The monoisotopic (exact) mass is 243 g/mol. The lowest BCUT2D eigenvalue weighted by molar-refractivity contribution is 0.911. The number of rotatable bonds is 5. The molecule has 0 aliphatic heterocycles. The van der Waals surface area contributed by atoms with Crippen LogP contribution < -0.4 is 11.3 Å². The molecular formula is C15H21N3. The third kappa shape index (κ3) is 2.46. The molecule has 0 aliphatic carbocycles. The van der Waals surface area contributed by atoms with Crippen LogP contribution in [0, 0.1) is 0 Å². The fourth-order valence-electron chi connectivity index (χ4n) is 2.36. The highest BCUT2D eigenvalue weighted by Gasteiger charge is 2.08. The van der Waals surface area contributed by atoms with E-state index in [1.807, 2.05) is 0 Å². The largest absolute Gasteiger partial charge is 0.308 e. The predicted octanol–water partition coefficient (Wildman–Crippen LogP) is 3.43. The van der Waals surface area contributed by atoms with Gasteiger partial charge in [0, 0.05) is 5.39 Å². The molecule has 0 aliphatic rings. The third-order valence-corrected chi connectivity index (χ3v) is 3.18. The number of aryl methyl sites for hydroxylation is 2. The summed E-state index contributed by atoms with van der Waals surface area (Å²) in [6.07, 6.45) is 4.28. The van der Waals surface area contributed by atoms with Crippen molar-refractivity contribution < 1.29 is 0 Å². The molecule has 3 nitrogen and oxygen atoms in total. The topological polar surface area (TPSA) is 50.9 Å². The van der Waals surface area contributed by atoms with Crippen molar-refractivity contribution in [3.05, 3.63) is 35.4 Å². The molecule has 0 amide bonds. The molecule has 3 N–H and O–H groups in total. The van der Waals surface area contributed by atoms with E-state index in [2.05, 4.69) is 43.5 Å². The number of nitrogens with two attached hydrogens (primary N) is 1. The van der Waals surface area contributed by atoms with Gasteiger partial charge in [0.2, 0.25) is 0 Å². The molecule has 96 valence electrons. The van der Waals surface area contributed by atoms with Crippen molar-refractivity contribution in [3.63, 3.8) is 0 Å². The average molecular weight is 243 g/mol. The Morgan fingerprint density at radius 3 is 2.50 bits per heavy atom. The van der Waals surface area contributed by atoms with Crippen molar-refractivity contribution in [1.82, 2.24) is 4.98 Å². The Bertz CT molecular complexity index is 534. The first-order chi connectivity index (χ1) is 8.80. The summed E-state index contributed by atoms with van der Waals surface area (Å²) in [5.41, 5.74) is 6.30. The van der Waals surface area contributed by atoms with Crippen LogP contribution in [0.1, 0.15) is 37.8 Å². The number of nitrogen functional groups attached to an aromatic ring is 1. The number of aromatic nitrogens is 1. The number of anilines is 1. The van der Waals surface area contributed by atoms with Crippen LogP contribution >= 0.6 is 0 Å². The standard InChI is InChI=1S/C15H21N3/c1-3-6-11-8-5-9-12-10-13(7-4-2)15(18-16)17-14(11)12/h5,8-10H,3-4,6-7,16H2,1-2H3,(H,17,18). The number of nitrogens with zero attached hydrogens (tertiary/aromatic N) is 1. The molecule has 0 fully saturated rings. The van der Waals surface area contributed by atoms with Gasteiger partial charge in [-0.05, 0) is 30.0 Å². The molecule has 0 unspecified atom stereocenters. The Labute approximate surface area is 108 Å². The zero-order valence-corrected chi connectivity index (χ0v) is 11.2. The molecule has 18 heavy (non-hydrogen) atoms. The predicted molar refractivity (Wildman–Crippen MR) is 77.5 cm³/mol. The smallest absolute Gasteiger partial charge is 0.143 e. The molecule has 0 spiro atoms. The Hall–Kier alpha value is -1.61. The second-order valence-corrected chi connectivity index (χ2v) is 4.63. The lowest BCUT2D eigenvalue weighted by atomic mass is 10.0. The average Bonchev–Trinajstić information content (AvgIpc) is 2.39. The molecule has 0 saturated carbocycles. The van der Waals surface area contributed by atoms with Crippen molar-refractivity contribution >= 4 is 16.7 Å². The maximum atomic E-state index is 5.58. The van der Waals surface area contributed by atoms with Gasteiger partial charge in [-0.2, -0.15) is 0 Å². The molecular weight excluding hydrogens is 222 g/mol. The lowest BCUT2D eigenvalue weighted by Crippen LogP contribution is -2.11. The van der Waals surface area contributed by atoms with E-state index in [0.717, 1.165) is 37.0 Å². The summed E-state index contributed by atoms with van der Waals surface area (Å²) in [4.78, 5) is 4.69. The van der Waals surface area contributed by atoms with Crippen LogP contribution in [0.4, 0.5) is 5.82 Å². The summed E-state index contributed by atoms with van der Waals surface area (Å²) in [6, 6.07) is 8.60. The number of hydrogen-bond acceptors (Lipinski definition) is 3. The molecule has 0 saturated heterocycles. The van der Waals surface area contributed by atoms with Gasteiger partial charge in [0.1, 0.15) is 5.82 Å². The molecule has 1 aromatic carbocycles. The molecule has 2 rings (SSSR count). The number of hydrogen-bond donors (Lipinski definition) is 2. The van der Waals surface area contributed by atoms with Gasteiger partial charge in [-0.25, -0.2) is 10.8 Å². The highest BCUT2D eigenvalue weighted by Crippen LogP contribution is 2.24. The first kappa shape index (κ1) is 12.8. The molecule has 3 heteroatoms. The minimum atomic E-state index is 0.813. The molecule has 1 heterocycles. The maximum Gasteiger partial charge on any atom is 0.143 e. The lowest BCUT2D eigenvalue weighted by Gasteiger charge is -2.11. The number of benzene rings is 1. The first-order valence-electron chi connectivity index (χ1n) is 6.68. The van der Waals surface area contributed by atoms with Gasteiger partial charge in [-0.3, -0.25) is 0 Å². The van der Waals surface area contributed by atoms with Crippen molar-refractivity contribution in [3.8, 4) is 0 Å². The van der Waals surface area contributed by atoms with Gasteiger partial charge >= 0.3 is 0 Å². The zero-order chi connectivity index (χ0) is 13.0. The zero-order valence-electron chi connectivity index (χ0n) is 11.2. The Morgan fingerprint density at radius 2 is 1.83 bits per heavy atom. The quantitative estimate of drug-likeness (QED) is 0.625. The summed E-state index contributed by atoms with van der Waals surface area (Å²) in [5.74, 6) is 6.40. The van der Waals surface area contributed by atoms with E-state index < -0.39 is 0 Å². The van der Waals surface area contributed by atoms with Crippen LogP contribution in [-0.4, -0.2) is 4.98 Å².